The largest absolute Gasteiger partial charge is 0.455 e. The minimum Gasteiger partial charge on any atom is -0.455 e. The quantitative estimate of drug-likeness (QED) is 0.0366. The molecule has 3 aliphatic rings. The zero-order valence-electron chi connectivity index (χ0n) is 42.3. The lowest BCUT2D eigenvalue weighted by Crippen LogP contribution is -2.41. The molecule has 0 N–H and O–H groups in total. The summed E-state index contributed by atoms with van der Waals surface area (Å²) in [5, 5.41) is 0. The number of carbonyl (C=O) groups is 1. The van der Waals surface area contributed by atoms with Crippen molar-refractivity contribution in [3.63, 3.8) is 0 Å². The predicted octanol–water partition coefficient (Wildman–Crippen LogP) is 14.3. The molecule has 0 saturated carbocycles. The maximum atomic E-state index is 11.9. The van der Waals surface area contributed by atoms with Gasteiger partial charge in [-0.05, 0) is 175 Å². The average molecular weight is 928 g/mol. The van der Waals surface area contributed by atoms with Crippen molar-refractivity contribution in [3.05, 3.63) is 11.6 Å². The Bertz CT molecular complexity index is 1250. The average Bonchev–Trinajstić information content (AvgIpc) is 3.88. The molecule has 8 nitrogen and oxygen atoms in total. The first-order valence-electron chi connectivity index (χ1n) is 25.4. The summed E-state index contributed by atoms with van der Waals surface area (Å²) in [4.78, 5) is 11.9. The van der Waals surface area contributed by atoms with Crippen molar-refractivity contribution in [3.8, 4) is 0 Å². The predicted molar refractivity (Wildman–Crippen MR) is 266 cm³/mol. The molecule has 61 heavy (non-hydrogen) atoms. The third-order valence-electron chi connectivity index (χ3n) is 12.1. The summed E-state index contributed by atoms with van der Waals surface area (Å²) in [6.07, 6.45) is 29.7. The Hall–Kier alpha value is -0.162. The highest BCUT2D eigenvalue weighted by Gasteiger charge is 2.43. The van der Waals surface area contributed by atoms with Crippen LogP contribution in [0.1, 0.15) is 162 Å². The molecule has 0 aromatic rings. The highest BCUT2D eigenvalue weighted by Crippen LogP contribution is 2.37. The van der Waals surface area contributed by atoms with Crippen LogP contribution in [0.5, 0.6) is 0 Å². The first-order chi connectivity index (χ1) is 28.5. The van der Waals surface area contributed by atoms with Crippen molar-refractivity contribution in [1.82, 2.24) is 0 Å². The molecule has 3 rings (SSSR count). The van der Waals surface area contributed by atoms with Gasteiger partial charge in [-0.25, -0.2) is 4.79 Å². The van der Waals surface area contributed by atoms with Gasteiger partial charge in [-0.1, -0.05) is 71.1 Å². The van der Waals surface area contributed by atoms with Gasteiger partial charge >= 0.3 is 5.97 Å². The van der Waals surface area contributed by atoms with Gasteiger partial charge < -0.3 is 31.9 Å². The zero-order valence-corrected chi connectivity index (χ0v) is 46.3. The highest BCUT2D eigenvalue weighted by molar-refractivity contribution is 6.70. The SMILES string of the molecule is CCCCCCC(CCC[C@H](O[Si](C)(C)C)[C@H]1CC[C@H]([C@H]2CC[C@H]([C@@H](CCCCC(CCCCCCCC3=CC(C)OC3=O)O[Si](C)(C)C)O[Si](C)(C)C)O2)O1)O[Si](C)(C)C. The lowest BCUT2D eigenvalue weighted by molar-refractivity contribution is -0.139. The summed E-state index contributed by atoms with van der Waals surface area (Å²) >= 11 is 0. The number of rotatable bonds is 33. The molecule has 2 saturated heterocycles. The van der Waals surface area contributed by atoms with Gasteiger partial charge in [0.2, 0.25) is 0 Å². The highest BCUT2D eigenvalue weighted by atomic mass is 28.4. The summed E-state index contributed by atoms with van der Waals surface area (Å²) in [5.74, 6) is -0.118. The Morgan fingerprint density at radius 1 is 0.525 bits per heavy atom. The summed E-state index contributed by atoms with van der Waals surface area (Å²) in [5.41, 5.74) is 0.868. The third-order valence-corrected chi connectivity index (χ3v) is 16.2. The van der Waals surface area contributed by atoms with Crippen LogP contribution in [-0.2, 0) is 36.7 Å². The Balaban J connectivity index is 1.48. The minimum absolute atomic E-state index is 0.0632. The number of cyclic esters (lactones) is 1. The number of esters is 1. The van der Waals surface area contributed by atoms with Gasteiger partial charge in [-0.2, -0.15) is 0 Å². The fraction of sp³-hybridized carbons (Fsp3) is 0.939. The number of carbonyl (C=O) groups excluding carboxylic acids is 1. The number of ether oxygens (including phenoxy) is 3. The summed E-state index contributed by atoms with van der Waals surface area (Å²) in [6, 6.07) is 0. The molecular weight excluding hydrogens is 829 g/mol. The van der Waals surface area contributed by atoms with E-state index in [0.717, 1.165) is 102 Å². The van der Waals surface area contributed by atoms with Crippen LogP contribution in [0.4, 0.5) is 0 Å². The Morgan fingerprint density at radius 3 is 1.36 bits per heavy atom. The van der Waals surface area contributed by atoms with Crippen LogP contribution in [0, 0.1) is 0 Å². The molecule has 12 heteroatoms. The topological polar surface area (TPSA) is 81.7 Å². The van der Waals surface area contributed by atoms with E-state index in [1.807, 2.05) is 13.0 Å². The van der Waals surface area contributed by atoms with Gasteiger partial charge in [-0.3, -0.25) is 0 Å². The fourth-order valence-corrected chi connectivity index (χ4v) is 14.5. The second-order valence-electron chi connectivity index (χ2n) is 23.0. The maximum Gasteiger partial charge on any atom is 0.334 e. The first kappa shape index (κ1) is 55.2. The Kier molecular flexibility index (Phi) is 24.3. The number of hydrogen-bond donors (Lipinski definition) is 0. The molecule has 0 aliphatic carbocycles. The molecule has 9 atom stereocenters. The van der Waals surface area contributed by atoms with Gasteiger partial charge in [0.1, 0.15) is 6.10 Å². The number of unbranched alkanes of at least 4 members (excludes halogenated alkanes) is 8. The molecule has 3 unspecified atom stereocenters. The van der Waals surface area contributed by atoms with Crippen LogP contribution in [0.3, 0.4) is 0 Å². The molecule has 0 bridgehead atoms. The first-order valence-corrected chi connectivity index (χ1v) is 39.1. The summed E-state index contributed by atoms with van der Waals surface area (Å²) in [6.45, 7) is 32.1. The van der Waals surface area contributed by atoms with Gasteiger partial charge in [0.05, 0.1) is 36.6 Å². The van der Waals surface area contributed by atoms with Gasteiger partial charge in [0, 0.05) is 17.8 Å². The molecule has 0 aromatic carbocycles. The lowest BCUT2D eigenvalue weighted by Gasteiger charge is -2.33. The van der Waals surface area contributed by atoms with E-state index in [4.69, 9.17) is 31.9 Å². The monoisotopic (exact) mass is 927 g/mol. The smallest absolute Gasteiger partial charge is 0.334 e. The second-order valence-corrected chi connectivity index (χ2v) is 40.8. The van der Waals surface area contributed by atoms with E-state index in [9.17, 15) is 4.79 Å². The van der Waals surface area contributed by atoms with Crippen LogP contribution < -0.4 is 0 Å². The maximum absolute atomic E-state index is 11.9. The van der Waals surface area contributed by atoms with E-state index in [2.05, 4.69) is 85.5 Å². The van der Waals surface area contributed by atoms with Crippen LogP contribution in [0.15, 0.2) is 11.6 Å². The fourth-order valence-electron chi connectivity index (χ4n) is 9.64. The van der Waals surface area contributed by atoms with Crippen molar-refractivity contribution >= 4 is 39.2 Å². The van der Waals surface area contributed by atoms with Crippen molar-refractivity contribution in [2.24, 2.45) is 0 Å². The van der Waals surface area contributed by atoms with Crippen LogP contribution in [0.2, 0.25) is 78.6 Å². The molecule has 0 spiro atoms. The normalized spacial score (nSPS) is 24.9. The Labute approximate surface area is 381 Å². The van der Waals surface area contributed by atoms with Crippen LogP contribution in [0.25, 0.3) is 0 Å². The standard InChI is InChI=1S/C49H98O8Si4/c1-15-16-17-22-28-42(55-59(6,7)8)31-26-33-48(57-61(12,13)14)46-37-35-44(53-46)43-34-36-45(52-43)47(56-60(9,10)11)32-25-24-30-41(54-58(3,4)5)29-23-20-18-19-21-27-40-38-39(2)51-49(40)50/h38-39,41-48H,15-37H2,1-14H3/t39?,41?,42?,43-,44-,45-,46-,47-,48+/m1/s1. The van der Waals surface area contributed by atoms with Crippen LogP contribution >= 0.6 is 0 Å². The van der Waals surface area contributed by atoms with Gasteiger partial charge in [-0.15, -0.1) is 0 Å². The summed E-state index contributed by atoms with van der Waals surface area (Å²) in [7, 11) is -6.78. The molecule has 2 fully saturated rings. The molecular formula is C49H98O8Si4. The van der Waals surface area contributed by atoms with E-state index in [-0.39, 0.29) is 48.7 Å². The molecule has 3 heterocycles. The molecule has 0 radical (unpaired) electrons. The van der Waals surface area contributed by atoms with Crippen molar-refractivity contribution in [1.29, 1.82) is 0 Å². The molecule has 3 aliphatic heterocycles. The van der Waals surface area contributed by atoms with E-state index in [0.29, 0.717) is 12.2 Å². The van der Waals surface area contributed by atoms with Gasteiger partial charge in [0.25, 0.3) is 0 Å². The van der Waals surface area contributed by atoms with Crippen LogP contribution in [-0.4, -0.2) is 94.2 Å². The van der Waals surface area contributed by atoms with Gasteiger partial charge in [0.15, 0.2) is 33.3 Å². The van der Waals surface area contributed by atoms with Crippen molar-refractivity contribution in [2.45, 2.75) is 295 Å². The van der Waals surface area contributed by atoms with Crippen molar-refractivity contribution < 1.29 is 36.7 Å². The minimum atomic E-state index is -1.77. The van der Waals surface area contributed by atoms with E-state index in [1.165, 1.54) is 51.4 Å². The summed E-state index contributed by atoms with van der Waals surface area (Å²) < 4.78 is 46.4. The van der Waals surface area contributed by atoms with E-state index >= 15 is 0 Å². The lowest BCUT2D eigenvalue weighted by atomic mass is 9.99. The van der Waals surface area contributed by atoms with E-state index in [1.54, 1.807) is 0 Å². The third kappa shape index (κ3) is 24.3. The Morgan fingerprint density at radius 2 is 0.918 bits per heavy atom. The molecule has 0 aromatic heterocycles. The molecule has 0 amide bonds. The zero-order chi connectivity index (χ0) is 45.3. The number of hydrogen-bond acceptors (Lipinski definition) is 8. The molecule has 358 valence electrons. The van der Waals surface area contributed by atoms with Crippen molar-refractivity contribution in [2.75, 3.05) is 0 Å². The van der Waals surface area contributed by atoms with E-state index < -0.39 is 33.3 Å². The second kappa shape index (κ2) is 26.8.